The lowest BCUT2D eigenvalue weighted by Crippen LogP contribution is -2.06. The van der Waals surface area contributed by atoms with Crippen LogP contribution in [0.1, 0.15) is 10.4 Å². The highest BCUT2D eigenvalue weighted by atomic mass is 35.6. The van der Waals surface area contributed by atoms with Gasteiger partial charge in [0.05, 0.1) is 11.1 Å². The van der Waals surface area contributed by atoms with Crippen molar-refractivity contribution in [1.82, 2.24) is 4.98 Å². The summed E-state index contributed by atoms with van der Waals surface area (Å²) < 4.78 is -1.66. The number of carbonyl (C=O) groups is 2. The molecule has 0 bridgehead atoms. The molecule has 1 heterocycles. The van der Waals surface area contributed by atoms with E-state index in [-0.39, 0.29) is 16.9 Å². The van der Waals surface area contributed by atoms with Crippen molar-refractivity contribution in [3.05, 3.63) is 35.9 Å². The number of hydrogen-bond acceptors (Lipinski definition) is 4. The van der Waals surface area contributed by atoms with E-state index in [4.69, 9.17) is 34.8 Å². The summed E-state index contributed by atoms with van der Waals surface area (Å²) in [6.07, 6.45) is 0.216. The van der Waals surface area contributed by atoms with Crippen LogP contribution in [0.15, 0.2) is 35.4 Å². The molecule has 2 rings (SSSR count). The number of nitrogens with zero attached hydrogens (tertiary/aromatic N) is 1. The van der Waals surface area contributed by atoms with Gasteiger partial charge in [0.25, 0.3) is 0 Å². The van der Waals surface area contributed by atoms with E-state index in [0.717, 1.165) is 17.1 Å². The Kier molecular flexibility index (Phi) is 4.36. The van der Waals surface area contributed by atoms with Crippen molar-refractivity contribution in [2.24, 2.45) is 0 Å². The maximum atomic E-state index is 11.6. The van der Waals surface area contributed by atoms with Gasteiger partial charge in [0.1, 0.15) is 5.03 Å². The van der Waals surface area contributed by atoms with Crippen LogP contribution in [0.2, 0.25) is 0 Å². The fraction of sp³-hybridized carbons (Fsp3) is 0.0833. The number of ketones is 1. The topological polar surface area (TPSA) is 47.0 Å². The molecule has 0 atom stereocenters. The summed E-state index contributed by atoms with van der Waals surface area (Å²) in [5.74, 6) is -0.699. The van der Waals surface area contributed by atoms with Crippen LogP contribution in [0.4, 0.5) is 0 Å². The molecule has 2 aromatic rings. The number of para-hydroxylation sites is 1. The number of carbonyl (C=O) groups excluding carboxylic acids is 2. The second-order valence-electron chi connectivity index (χ2n) is 3.56. The molecule has 0 amide bonds. The molecule has 0 N–H and O–H groups in total. The third-order valence-corrected chi connectivity index (χ3v) is 3.70. The lowest BCUT2D eigenvalue weighted by molar-refractivity contribution is -0.104. The number of halogens is 3. The van der Waals surface area contributed by atoms with Crippen molar-refractivity contribution >= 4 is 69.5 Å². The minimum absolute atomic E-state index is 0.130. The Morgan fingerprint density at radius 2 is 1.95 bits per heavy atom. The quantitative estimate of drug-likeness (QED) is 0.279. The zero-order chi connectivity index (χ0) is 14.0. The standard InChI is InChI=1S/C12H6Cl3NO2S/c13-12(14,15)19-11-8(10(18)6-17)5-7-3-1-2-4-9(7)16-11/h1-6H. The van der Waals surface area contributed by atoms with Crippen molar-refractivity contribution < 1.29 is 9.59 Å². The number of Topliss-reactive ketones (excluding diaryl/α,β-unsaturated/α-hetero) is 1. The minimum Gasteiger partial charge on any atom is -0.294 e. The fourth-order valence-electron chi connectivity index (χ4n) is 1.53. The molecule has 7 heteroatoms. The van der Waals surface area contributed by atoms with Crippen molar-refractivity contribution in [2.45, 2.75) is 8.15 Å². The number of rotatable bonds is 3. The van der Waals surface area contributed by atoms with Gasteiger partial charge in [-0.3, -0.25) is 9.59 Å². The summed E-state index contributed by atoms with van der Waals surface area (Å²) in [5, 5.41) is 0.956. The van der Waals surface area contributed by atoms with Gasteiger partial charge in [-0.25, -0.2) is 4.98 Å². The molecule has 0 fully saturated rings. The lowest BCUT2D eigenvalue weighted by Gasteiger charge is -2.12. The molecule has 0 radical (unpaired) electrons. The maximum absolute atomic E-state index is 11.6. The lowest BCUT2D eigenvalue weighted by atomic mass is 10.1. The Bertz CT molecular complexity index is 655. The first kappa shape index (κ1) is 14.6. The first-order chi connectivity index (χ1) is 8.90. The number of aromatic nitrogens is 1. The van der Waals surface area contributed by atoms with E-state index in [9.17, 15) is 9.59 Å². The van der Waals surface area contributed by atoms with Gasteiger partial charge in [0.15, 0.2) is 6.29 Å². The van der Waals surface area contributed by atoms with E-state index in [1.807, 2.05) is 0 Å². The average Bonchev–Trinajstić information content (AvgIpc) is 2.35. The van der Waals surface area contributed by atoms with Crippen molar-refractivity contribution in [1.29, 1.82) is 0 Å². The number of hydrogen-bond donors (Lipinski definition) is 0. The Morgan fingerprint density at radius 3 is 2.58 bits per heavy atom. The summed E-state index contributed by atoms with van der Waals surface area (Å²) in [4.78, 5) is 26.5. The molecule has 0 saturated carbocycles. The van der Waals surface area contributed by atoms with E-state index >= 15 is 0 Å². The zero-order valence-corrected chi connectivity index (χ0v) is 12.4. The van der Waals surface area contributed by atoms with Crippen LogP contribution in [0.5, 0.6) is 0 Å². The highest BCUT2D eigenvalue weighted by Gasteiger charge is 2.26. The van der Waals surface area contributed by atoms with E-state index in [0.29, 0.717) is 5.52 Å². The third kappa shape index (κ3) is 3.60. The number of aldehydes is 1. The summed E-state index contributed by atoms with van der Waals surface area (Å²) >= 11 is 17.9. The molecule has 0 aliphatic heterocycles. The van der Waals surface area contributed by atoms with E-state index in [2.05, 4.69) is 4.98 Å². The molecule has 0 aliphatic rings. The van der Waals surface area contributed by atoms with Crippen LogP contribution in [-0.4, -0.2) is 20.2 Å². The highest BCUT2D eigenvalue weighted by molar-refractivity contribution is 8.04. The molecule has 19 heavy (non-hydrogen) atoms. The molecular weight excluding hydrogens is 329 g/mol. The smallest absolute Gasteiger partial charge is 0.243 e. The van der Waals surface area contributed by atoms with Crippen LogP contribution < -0.4 is 0 Å². The summed E-state index contributed by atoms with van der Waals surface area (Å²) in [7, 11) is 0. The Hall–Kier alpha value is -0.810. The predicted molar refractivity (Wildman–Crippen MR) is 78.3 cm³/mol. The van der Waals surface area contributed by atoms with Gasteiger partial charge in [-0.1, -0.05) is 64.8 Å². The fourth-order valence-corrected chi connectivity index (χ4v) is 2.82. The largest absolute Gasteiger partial charge is 0.294 e. The minimum atomic E-state index is -1.66. The molecule has 0 spiro atoms. The highest BCUT2D eigenvalue weighted by Crippen LogP contribution is 2.44. The van der Waals surface area contributed by atoms with E-state index in [1.54, 1.807) is 30.3 Å². The molecule has 98 valence electrons. The number of benzene rings is 1. The average molecular weight is 335 g/mol. The maximum Gasteiger partial charge on any atom is 0.243 e. The third-order valence-electron chi connectivity index (χ3n) is 2.27. The molecule has 1 aromatic heterocycles. The Balaban J connectivity index is 2.63. The van der Waals surface area contributed by atoms with Gasteiger partial charge in [-0.15, -0.1) is 0 Å². The number of thioether (sulfide) groups is 1. The predicted octanol–water partition coefficient (Wildman–Crippen LogP) is 4.04. The van der Waals surface area contributed by atoms with Crippen LogP contribution in [0, 0.1) is 0 Å². The first-order valence-corrected chi connectivity index (χ1v) is 7.01. The Labute approximate surface area is 128 Å². The summed E-state index contributed by atoms with van der Waals surface area (Å²) in [6, 6.07) is 8.74. The van der Waals surface area contributed by atoms with Crippen LogP contribution in [-0.2, 0) is 4.79 Å². The molecule has 3 nitrogen and oxygen atoms in total. The van der Waals surface area contributed by atoms with Crippen LogP contribution in [0.25, 0.3) is 10.9 Å². The monoisotopic (exact) mass is 333 g/mol. The van der Waals surface area contributed by atoms with Gasteiger partial charge in [-0.2, -0.15) is 0 Å². The van der Waals surface area contributed by atoms with Gasteiger partial charge >= 0.3 is 0 Å². The molecular formula is C12H6Cl3NO2S. The number of pyridine rings is 1. The van der Waals surface area contributed by atoms with Gasteiger partial charge in [0.2, 0.25) is 8.91 Å². The molecule has 0 saturated heterocycles. The van der Waals surface area contributed by atoms with Gasteiger partial charge in [0, 0.05) is 5.39 Å². The van der Waals surface area contributed by atoms with E-state index < -0.39 is 8.91 Å². The zero-order valence-electron chi connectivity index (χ0n) is 9.27. The van der Waals surface area contributed by atoms with E-state index in [1.165, 1.54) is 0 Å². The van der Waals surface area contributed by atoms with Crippen molar-refractivity contribution in [3.8, 4) is 0 Å². The van der Waals surface area contributed by atoms with Gasteiger partial charge < -0.3 is 0 Å². The summed E-state index contributed by atoms with van der Waals surface area (Å²) in [6.45, 7) is 0. The second kappa shape index (κ2) is 5.67. The molecule has 0 aliphatic carbocycles. The first-order valence-electron chi connectivity index (χ1n) is 5.06. The van der Waals surface area contributed by atoms with Crippen LogP contribution >= 0.6 is 46.6 Å². The molecule has 1 aromatic carbocycles. The van der Waals surface area contributed by atoms with Crippen molar-refractivity contribution in [2.75, 3.05) is 0 Å². The van der Waals surface area contributed by atoms with Crippen molar-refractivity contribution in [3.63, 3.8) is 0 Å². The second-order valence-corrected chi connectivity index (χ2v) is 7.72. The molecule has 0 unspecified atom stereocenters. The number of alkyl halides is 3. The van der Waals surface area contributed by atoms with Gasteiger partial charge in [-0.05, 0) is 12.1 Å². The normalized spacial score (nSPS) is 11.5. The van der Waals surface area contributed by atoms with Crippen LogP contribution in [0.3, 0.4) is 0 Å². The SMILES string of the molecule is O=CC(=O)c1cc2ccccc2nc1SC(Cl)(Cl)Cl. The number of fused-ring (bicyclic) bond motifs is 1. The Morgan fingerprint density at radius 1 is 1.26 bits per heavy atom. The summed E-state index contributed by atoms with van der Waals surface area (Å²) in [5.41, 5.74) is 0.784.